The fourth-order valence-electron chi connectivity index (χ4n) is 1.86. The van der Waals surface area contributed by atoms with Gasteiger partial charge in [0.1, 0.15) is 11.8 Å². The molecule has 2 aromatic rings. The Hall–Kier alpha value is -2.38. The molecular formula is C16H17N3O. The topological polar surface area (TPSA) is 57.9 Å². The number of pyridine rings is 1. The van der Waals surface area contributed by atoms with Gasteiger partial charge in [-0.05, 0) is 41.8 Å². The average molecular weight is 267 g/mol. The first-order valence-electron chi connectivity index (χ1n) is 6.48. The molecule has 1 aromatic carbocycles. The summed E-state index contributed by atoms with van der Waals surface area (Å²) in [7, 11) is 0. The lowest BCUT2D eigenvalue weighted by Gasteiger charge is -2.08. The Kier molecular flexibility index (Phi) is 5.10. The molecule has 1 heterocycles. The van der Waals surface area contributed by atoms with Gasteiger partial charge in [0, 0.05) is 25.5 Å². The molecule has 20 heavy (non-hydrogen) atoms. The Morgan fingerprint density at radius 2 is 2.00 bits per heavy atom. The number of aromatic nitrogens is 1. The molecule has 0 fully saturated rings. The smallest absolute Gasteiger partial charge is 0.174 e. The van der Waals surface area contributed by atoms with Crippen LogP contribution < -0.4 is 10.1 Å². The van der Waals surface area contributed by atoms with Crippen LogP contribution in [0.25, 0.3) is 0 Å². The Balaban J connectivity index is 1.82. The first kappa shape index (κ1) is 14.0. The van der Waals surface area contributed by atoms with Gasteiger partial charge in [-0.15, -0.1) is 0 Å². The average Bonchev–Trinajstić information content (AvgIpc) is 2.48. The van der Waals surface area contributed by atoms with Gasteiger partial charge in [0.2, 0.25) is 0 Å². The molecule has 0 atom stereocenters. The third kappa shape index (κ3) is 4.08. The van der Waals surface area contributed by atoms with E-state index in [1.807, 2.05) is 48.8 Å². The third-order valence-corrected chi connectivity index (χ3v) is 3.01. The van der Waals surface area contributed by atoms with Gasteiger partial charge in [-0.3, -0.25) is 4.98 Å². The lowest BCUT2D eigenvalue weighted by molar-refractivity contribution is 0.368. The number of nitrogens with one attached hydrogen (secondary N) is 1. The van der Waals surface area contributed by atoms with Gasteiger partial charge >= 0.3 is 0 Å². The van der Waals surface area contributed by atoms with Crippen molar-refractivity contribution in [2.24, 2.45) is 0 Å². The number of nitriles is 1. The number of aryl methyl sites for hydroxylation is 1. The molecule has 2 rings (SSSR count). The molecular weight excluding hydrogens is 250 g/mol. The maximum atomic E-state index is 8.44. The summed E-state index contributed by atoms with van der Waals surface area (Å²) >= 11 is 0. The summed E-state index contributed by atoms with van der Waals surface area (Å²) in [6, 6.07) is 11.7. The molecule has 0 saturated heterocycles. The Bertz CT molecular complexity index is 587. The van der Waals surface area contributed by atoms with E-state index < -0.39 is 0 Å². The Morgan fingerprint density at radius 3 is 2.70 bits per heavy atom. The number of benzene rings is 1. The van der Waals surface area contributed by atoms with Crippen LogP contribution >= 0.6 is 0 Å². The van der Waals surface area contributed by atoms with Gasteiger partial charge < -0.3 is 10.1 Å². The minimum absolute atomic E-state index is 0.0823. The normalized spacial score (nSPS) is 10.0. The van der Waals surface area contributed by atoms with Crippen LogP contribution in [0.4, 0.5) is 0 Å². The van der Waals surface area contributed by atoms with Gasteiger partial charge in [-0.2, -0.15) is 5.26 Å². The van der Waals surface area contributed by atoms with Gasteiger partial charge in [0.25, 0.3) is 0 Å². The largest absolute Gasteiger partial charge is 0.479 e. The summed E-state index contributed by atoms with van der Waals surface area (Å²) in [5.41, 5.74) is 3.63. The van der Waals surface area contributed by atoms with Crippen molar-refractivity contribution >= 4 is 0 Å². The first-order chi connectivity index (χ1) is 9.79. The lowest BCUT2D eigenvalue weighted by Crippen LogP contribution is -2.13. The highest BCUT2D eigenvalue weighted by Gasteiger charge is 1.98. The summed E-state index contributed by atoms with van der Waals surface area (Å²) in [6.07, 6.45) is 3.68. The molecule has 102 valence electrons. The SMILES string of the molecule is Cc1cnccc1CNCc1ccc(OCC#N)cc1. The minimum Gasteiger partial charge on any atom is -0.479 e. The van der Waals surface area contributed by atoms with Crippen LogP contribution in [-0.4, -0.2) is 11.6 Å². The van der Waals surface area contributed by atoms with E-state index in [0.717, 1.165) is 18.8 Å². The van der Waals surface area contributed by atoms with Crippen molar-refractivity contribution in [2.75, 3.05) is 6.61 Å². The predicted octanol–water partition coefficient (Wildman–Crippen LogP) is 2.58. The third-order valence-electron chi connectivity index (χ3n) is 3.01. The maximum Gasteiger partial charge on any atom is 0.174 e. The fourth-order valence-corrected chi connectivity index (χ4v) is 1.86. The summed E-state index contributed by atoms with van der Waals surface area (Å²) < 4.78 is 5.21. The summed E-state index contributed by atoms with van der Waals surface area (Å²) in [4.78, 5) is 4.08. The molecule has 0 saturated carbocycles. The number of hydrogen-bond acceptors (Lipinski definition) is 4. The van der Waals surface area contributed by atoms with Gasteiger partial charge in [0.05, 0.1) is 0 Å². The summed E-state index contributed by atoms with van der Waals surface area (Å²) in [6.45, 7) is 3.76. The van der Waals surface area contributed by atoms with E-state index in [9.17, 15) is 0 Å². The molecule has 1 aromatic heterocycles. The molecule has 0 amide bonds. The van der Waals surface area contributed by atoms with Gasteiger partial charge in [-0.25, -0.2) is 0 Å². The molecule has 1 N–H and O–H groups in total. The highest BCUT2D eigenvalue weighted by Crippen LogP contribution is 2.12. The summed E-state index contributed by atoms with van der Waals surface area (Å²) in [5, 5.41) is 11.8. The van der Waals surface area contributed by atoms with E-state index in [2.05, 4.69) is 17.2 Å². The monoisotopic (exact) mass is 267 g/mol. The van der Waals surface area contributed by atoms with Crippen molar-refractivity contribution in [1.29, 1.82) is 5.26 Å². The van der Waals surface area contributed by atoms with Crippen molar-refractivity contribution in [1.82, 2.24) is 10.3 Å². The zero-order valence-corrected chi connectivity index (χ0v) is 11.5. The Labute approximate surface area is 119 Å². The second kappa shape index (κ2) is 7.27. The van der Waals surface area contributed by atoms with E-state index in [-0.39, 0.29) is 6.61 Å². The van der Waals surface area contributed by atoms with E-state index in [1.165, 1.54) is 16.7 Å². The number of nitrogens with zero attached hydrogens (tertiary/aromatic N) is 2. The molecule has 0 aliphatic heterocycles. The van der Waals surface area contributed by atoms with E-state index in [0.29, 0.717) is 0 Å². The number of hydrogen-bond donors (Lipinski definition) is 1. The summed E-state index contributed by atoms with van der Waals surface area (Å²) in [5.74, 6) is 0.722. The maximum absolute atomic E-state index is 8.44. The van der Waals surface area contributed by atoms with Crippen molar-refractivity contribution < 1.29 is 4.74 Å². The highest BCUT2D eigenvalue weighted by molar-refractivity contribution is 5.27. The molecule has 0 radical (unpaired) electrons. The highest BCUT2D eigenvalue weighted by atomic mass is 16.5. The van der Waals surface area contributed by atoms with Crippen LogP contribution in [0.15, 0.2) is 42.7 Å². The Morgan fingerprint density at radius 1 is 1.20 bits per heavy atom. The number of rotatable bonds is 6. The lowest BCUT2D eigenvalue weighted by atomic mass is 10.1. The zero-order valence-electron chi connectivity index (χ0n) is 11.5. The quantitative estimate of drug-likeness (QED) is 0.874. The van der Waals surface area contributed by atoms with E-state index in [4.69, 9.17) is 10.00 Å². The number of ether oxygens (including phenoxy) is 1. The van der Waals surface area contributed by atoms with Crippen LogP contribution in [0, 0.1) is 18.3 Å². The minimum atomic E-state index is 0.0823. The van der Waals surface area contributed by atoms with Crippen LogP contribution in [0.1, 0.15) is 16.7 Å². The van der Waals surface area contributed by atoms with E-state index >= 15 is 0 Å². The predicted molar refractivity (Wildman–Crippen MR) is 77.1 cm³/mol. The molecule has 4 nitrogen and oxygen atoms in total. The standard InChI is InChI=1S/C16H17N3O/c1-13-10-18-8-6-15(13)12-19-11-14-2-4-16(5-3-14)20-9-7-17/h2-6,8,10,19H,9,11-12H2,1H3. The molecule has 0 aliphatic carbocycles. The van der Waals surface area contributed by atoms with Gasteiger partial charge in [-0.1, -0.05) is 12.1 Å². The van der Waals surface area contributed by atoms with Crippen molar-refractivity contribution in [2.45, 2.75) is 20.0 Å². The van der Waals surface area contributed by atoms with Crippen molar-refractivity contribution in [3.05, 3.63) is 59.4 Å². The van der Waals surface area contributed by atoms with Crippen LogP contribution in [-0.2, 0) is 13.1 Å². The second-order valence-electron chi connectivity index (χ2n) is 4.50. The van der Waals surface area contributed by atoms with Crippen LogP contribution in [0.2, 0.25) is 0 Å². The fraction of sp³-hybridized carbons (Fsp3) is 0.250. The van der Waals surface area contributed by atoms with Crippen molar-refractivity contribution in [3.8, 4) is 11.8 Å². The van der Waals surface area contributed by atoms with Crippen molar-refractivity contribution in [3.63, 3.8) is 0 Å². The second-order valence-corrected chi connectivity index (χ2v) is 4.50. The van der Waals surface area contributed by atoms with E-state index in [1.54, 1.807) is 0 Å². The molecule has 0 aliphatic rings. The van der Waals surface area contributed by atoms with Crippen LogP contribution in [0.5, 0.6) is 5.75 Å². The molecule has 0 spiro atoms. The molecule has 0 bridgehead atoms. The molecule has 4 heteroatoms. The van der Waals surface area contributed by atoms with Crippen LogP contribution in [0.3, 0.4) is 0 Å². The van der Waals surface area contributed by atoms with Gasteiger partial charge in [0.15, 0.2) is 6.61 Å². The first-order valence-corrected chi connectivity index (χ1v) is 6.48. The zero-order chi connectivity index (χ0) is 14.2. The molecule has 0 unspecified atom stereocenters.